The maximum absolute atomic E-state index is 12.9. The van der Waals surface area contributed by atoms with Crippen LogP contribution < -0.4 is 10.6 Å². The molecule has 1 unspecified atom stereocenters. The van der Waals surface area contributed by atoms with Crippen molar-refractivity contribution in [2.45, 2.75) is 6.10 Å². The second-order valence-corrected chi connectivity index (χ2v) is 3.35. The van der Waals surface area contributed by atoms with E-state index in [-0.39, 0.29) is 12.4 Å². The summed E-state index contributed by atoms with van der Waals surface area (Å²) in [5.74, 6) is -0.318. The standard InChI is InChI=1S/C10H15FN2O/c1-13(2)9-5-7(11)3-4-8(9)10(14)6-12/h3-5,10,14H,6,12H2,1-2H3. The van der Waals surface area contributed by atoms with Crippen LogP contribution in [0.1, 0.15) is 11.7 Å². The fourth-order valence-electron chi connectivity index (χ4n) is 1.31. The third-order valence-electron chi connectivity index (χ3n) is 2.06. The molecule has 1 aromatic rings. The molecule has 3 N–H and O–H groups in total. The molecule has 1 aromatic carbocycles. The second kappa shape index (κ2) is 4.39. The van der Waals surface area contributed by atoms with Crippen molar-refractivity contribution in [2.75, 3.05) is 25.5 Å². The fourth-order valence-corrected chi connectivity index (χ4v) is 1.31. The fraction of sp³-hybridized carbons (Fsp3) is 0.400. The molecular weight excluding hydrogens is 183 g/mol. The molecule has 0 aliphatic rings. The largest absolute Gasteiger partial charge is 0.387 e. The summed E-state index contributed by atoms with van der Waals surface area (Å²) >= 11 is 0. The van der Waals surface area contributed by atoms with E-state index < -0.39 is 6.10 Å². The lowest BCUT2D eigenvalue weighted by Gasteiger charge is -2.20. The SMILES string of the molecule is CN(C)c1cc(F)ccc1C(O)CN. The van der Waals surface area contributed by atoms with Gasteiger partial charge in [0.25, 0.3) is 0 Å². The van der Waals surface area contributed by atoms with Crippen molar-refractivity contribution in [1.29, 1.82) is 0 Å². The van der Waals surface area contributed by atoms with Gasteiger partial charge in [0.05, 0.1) is 6.10 Å². The van der Waals surface area contributed by atoms with Crippen molar-refractivity contribution in [3.8, 4) is 0 Å². The molecule has 0 fully saturated rings. The summed E-state index contributed by atoms with van der Waals surface area (Å²) in [5.41, 5.74) is 6.66. The van der Waals surface area contributed by atoms with E-state index in [2.05, 4.69) is 0 Å². The molecule has 0 spiro atoms. The molecule has 0 saturated carbocycles. The average Bonchev–Trinajstić information content (AvgIpc) is 2.16. The first kappa shape index (κ1) is 10.9. The molecule has 0 heterocycles. The summed E-state index contributed by atoms with van der Waals surface area (Å²) in [6.07, 6.45) is -0.743. The van der Waals surface area contributed by atoms with E-state index in [0.717, 1.165) is 0 Å². The molecule has 0 amide bonds. The molecule has 0 bridgehead atoms. The Balaban J connectivity index is 3.14. The van der Waals surface area contributed by atoms with Crippen LogP contribution in [0.25, 0.3) is 0 Å². The number of hydrogen-bond acceptors (Lipinski definition) is 3. The maximum atomic E-state index is 12.9. The van der Waals surface area contributed by atoms with Gasteiger partial charge < -0.3 is 15.7 Å². The number of anilines is 1. The Kier molecular flexibility index (Phi) is 3.43. The molecule has 4 heteroatoms. The molecule has 0 aliphatic carbocycles. The number of nitrogens with zero attached hydrogens (tertiary/aromatic N) is 1. The minimum absolute atomic E-state index is 0.131. The van der Waals surface area contributed by atoms with Gasteiger partial charge in [0, 0.05) is 31.9 Å². The quantitative estimate of drug-likeness (QED) is 0.758. The first-order valence-corrected chi connectivity index (χ1v) is 4.41. The van der Waals surface area contributed by atoms with Crippen molar-refractivity contribution in [3.63, 3.8) is 0 Å². The van der Waals surface area contributed by atoms with Crippen LogP contribution in [-0.4, -0.2) is 25.7 Å². The highest BCUT2D eigenvalue weighted by Crippen LogP contribution is 2.25. The van der Waals surface area contributed by atoms with Gasteiger partial charge in [-0.05, 0) is 12.1 Å². The van der Waals surface area contributed by atoms with Crippen molar-refractivity contribution in [3.05, 3.63) is 29.6 Å². The topological polar surface area (TPSA) is 49.5 Å². The predicted molar refractivity (Wildman–Crippen MR) is 54.7 cm³/mol. The van der Waals surface area contributed by atoms with E-state index in [0.29, 0.717) is 11.3 Å². The van der Waals surface area contributed by atoms with Gasteiger partial charge in [-0.3, -0.25) is 0 Å². The van der Waals surface area contributed by atoms with Crippen molar-refractivity contribution in [2.24, 2.45) is 5.73 Å². The third-order valence-corrected chi connectivity index (χ3v) is 2.06. The van der Waals surface area contributed by atoms with Gasteiger partial charge in [0.1, 0.15) is 5.82 Å². The highest BCUT2D eigenvalue weighted by molar-refractivity contribution is 5.53. The van der Waals surface area contributed by atoms with Crippen molar-refractivity contribution in [1.82, 2.24) is 0 Å². The van der Waals surface area contributed by atoms with Gasteiger partial charge in [-0.15, -0.1) is 0 Å². The zero-order valence-electron chi connectivity index (χ0n) is 8.37. The van der Waals surface area contributed by atoms with E-state index in [1.54, 1.807) is 25.1 Å². The number of rotatable bonds is 3. The van der Waals surface area contributed by atoms with Gasteiger partial charge in [-0.25, -0.2) is 4.39 Å². The van der Waals surface area contributed by atoms with E-state index in [9.17, 15) is 9.50 Å². The second-order valence-electron chi connectivity index (χ2n) is 3.35. The van der Waals surface area contributed by atoms with Gasteiger partial charge >= 0.3 is 0 Å². The van der Waals surface area contributed by atoms with Crippen LogP contribution in [0.5, 0.6) is 0 Å². The number of aliphatic hydroxyl groups is 1. The van der Waals surface area contributed by atoms with Gasteiger partial charge in [-0.2, -0.15) is 0 Å². The highest BCUT2D eigenvalue weighted by atomic mass is 19.1. The zero-order valence-corrected chi connectivity index (χ0v) is 8.37. The average molecular weight is 198 g/mol. The van der Waals surface area contributed by atoms with Crippen LogP contribution in [0.3, 0.4) is 0 Å². The molecule has 1 rings (SSSR count). The molecule has 0 aromatic heterocycles. The Labute approximate surface area is 83.0 Å². The van der Waals surface area contributed by atoms with E-state index in [1.165, 1.54) is 12.1 Å². The molecule has 1 atom stereocenters. The first-order chi connectivity index (χ1) is 6.56. The van der Waals surface area contributed by atoms with Gasteiger partial charge in [-0.1, -0.05) is 6.07 Å². The Morgan fingerprint density at radius 1 is 1.50 bits per heavy atom. The van der Waals surface area contributed by atoms with Crippen LogP contribution >= 0.6 is 0 Å². The van der Waals surface area contributed by atoms with Gasteiger partial charge in [0.15, 0.2) is 0 Å². The van der Waals surface area contributed by atoms with Crippen molar-refractivity contribution >= 4 is 5.69 Å². The summed E-state index contributed by atoms with van der Waals surface area (Å²) in [5, 5.41) is 9.58. The first-order valence-electron chi connectivity index (χ1n) is 4.41. The third kappa shape index (κ3) is 2.21. The monoisotopic (exact) mass is 198 g/mol. The minimum Gasteiger partial charge on any atom is -0.387 e. The maximum Gasteiger partial charge on any atom is 0.125 e. The van der Waals surface area contributed by atoms with Crippen molar-refractivity contribution < 1.29 is 9.50 Å². The highest BCUT2D eigenvalue weighted by Gasteiger charge is 2.12. The van der Waals surface area contributed by atoms with E-state index in [1.807, 2.05) is 0 Å². The van der Waals surface area contributed by atoms with Crippen LogP contribution in [0.15, 0.2) is 18.2 Å². The van der Waals surface area contributed by atoms with Crippen LogP contribution in [0, 0.1) is 5.82 Å². The molecule has 0 saturated heterocycles. The Morgan fingerprint density at radius 2 is 2.14 bits per heavy atom. The normalized spacial score (nSPS) is 12.6. The number of halogens is 1. The number of hydrogen-bond donors (Lipinski definition) is 2. The number of benzene rings is 1. The number of aliphatic hydroxyl groups excluding tert-OH is 1. The summed E-state index contributed by atoms with van der Waals surface area (Å²) in [6, 6.07) is 4.26. The van der Waals surface area contributed by atoms with E-state index in [4.69, 9.17) is 5.73 Å². The van der Waals surface area contributed by atoms with Crippen LogP contribution in [-0.2, 0) is 0 Å². The molecule has 3 nitrogen and oxygen atoms in total. The molecule has 0 radical (unpaired) electrons. The zero-order chi connectivity index (χ0) is 10.7. The van der Waals surface area contributed by atoms with E-state index >= 15 is 0 Å². The molecular formula is C10H15FN2O. The summed E-state index contributed by atoms with van der Waals surface area (Å²) in [4.78, 5) is 1.75. The van der Waals surface area contributed by atoms with Crippen LogP contribution in [0.2, 0.25) is 0 Å². The van der Waals surface area contributed by atoms with Crippen LogP contribution in [0.4, 0.5) is 10.1 Å². The predicted octanol–water partition coefficient (Wildman–Crippen LogP) is 0.884. The summed E-state index contributed by atoms with van der Waals surface area (Å²) in [6.45, 7) is 0.131. The molecule has 14 heavy (non-hydrogen) atoms. The Bertz CT molecular complexity index is 315. The van der Waals surface area contributed by atoms with Gasteiger partial charge in [0.2, 0.25) is 0 Å². The smallest absolute Gasteiger partial charge is 0.125 e. The summed E-state index contributed by atoms with van der Waals surface area (Å²) in [7, 11) is 3.59. The molecule has 78 valence electrons. The Hall–Kier alpha value is -1.13. The minimum atomic E-state index is -0.743. The lowest BCUT2D eigenvalue weighted by Crippen LogP contribution is -2.17. The number of nitrogens with two attached hydrogens (primary N) is 1. The summed E-state index contributed by atoms with van der Waals surface area (Å²) < 4.78 is 12.9. The lowest BCUT2D eigenvalue weighted by molar-refractivity contribution is 0.187. The lowest BCUT2D eigenvalue weighted by atomic mass is 10.1. The molecule has 0 aliphatic heterocycles. The Morgan fingerprint density at radius 3 is 2.64 bits per heavy atom.